The van der Waals surface area contributed by atoms with Gasteiger partial charge in [0.15, 0.2) is 17.4 Å². The molecule has 0 aliphatic heterocycles. The fourth-order valence-corrected chi connectivity index (χ4v) is 2.70. The number of ether oxygens (including phenoxy) is 1. The van der Waals surface area contributed by atoms with Crippen LogP contribution in [0.25, 0.3) is 0 Å². The number of hydrogen-bond donors (Lipinski definition) is 1. The monoisotopic (exact) mass is 326 g/mol. The Kier molecular flexibility index (Phi) is 5.07. The molecule has 2 aromatic rings. The number of methoxy groups -OCH3 is 1. The SMILES string of the molecule is COc1c(F)cc(NC(=O)Cc2csc(C(C)C)n2)cc1F. The number of anilines is 1. The van der Waals surface area contributed by atoms with Crippen molar-refractivity contribution < 1.29 is 18.3 Å². The maximum atomic E-state index is 13.6. The fourth-order valence-electron chi connectivity index (χ4n) is 1.87. The van der Waals surface area contributed by atoms with Crippen molar-refractivity contribution in [1.29, 1.82) is 0 Å². The first-order valence-electron chi connectivity index (χ1n) is 6.68. The molecule has 22 heavy (non-hydrogen) atoms. The predicted molar refractivity (Wildman–Crippen MR) is 81.4 cm³/mol. The zero-order chi connectivity index (χ0) is 16.3. The predicted octanol–water partition coefficient (Wildman–Crippen LogP) is 3.73. The quantitative estimate of drug-likeness (QED) is 0.911. The van der Waals surface area contributed by atoms with E-state index in [2.05, 4.69) is 15.0 Å². The topological polar surface area (TPSA) is 51.2 Å². The third kappa shape index (κ3) is 3.79. The van der Waals surface area contributed by atoms with E-state index in [1.165, 1.54) is 18.4 Å². The lowest BCUT2D eigenvalue weighted by Gasteiger charge is -2.08. The van der Waals surface area contributed by atoms with Crippen LogP contribution in [0.1, 0.15) is 30.5 Å². The first-order valence-corrected chi connectivity index (χ1v) is 7.56. The van der Waals surface area contributed by atoms with Crippen LogP contribution in [0.3, 0.4) is 0 Å². The standard InChI is InChI=1S/C15H16F2N2O2S/c1-8(2)15-19-10(7-22-15)6-13(20)18-9-4-11(16)14(21-3)12(17)5-9/h4-5,7-8H,6H2,1-3H3,(H,18,20). The summed E-state index contributed by atoms with van der Waals surface area (Å²) in [6.07, 6.45) is 0.0541. The Morgan fingerprint density at radius 2 is 2.00 bits per heavy atom. The van der Waals surface area contributed by atoms with Crippen LogP contribution in [-0.2, 0) is 11.2 Å². The van der Waals surface area contributed by atoms with E-state index in [-0.39, 0.29) is 18.0 Å². The molecule has 1 N–H and O–H groups in total. The highest BCUT2D eigenvalue weighted by Crippen LogP contribution is 2.25. The van der Waals surface area contributed by atoms with Crippen LogP contribution < -0.4 is 10.1 Å². The Morgan fingerprint density at radius 3 is 2.50 bits per heavy atom. The van der Waals surface area contributed by atoms with E-state index in [0.29, 0.717) is 11.6 Å². The number of amides is 1. The van der Waals surface area contributed by atoms with Gasteiger partial charge in [-0.3, -0.25) is 4.79 Å². The molecule has 0 saturated carbocycles. The highest BCUT2D eigenvalue weighted by Gasteiger charge is 2.14. The number of thiazole rings is 1. The number of carbonyl (C=O) groups excluding carboxylic acids is 1. The average molecular weight is 326 g/mol. The van der Waals surface area contributed by atoms with Gasteiger partial charge in [0.2, 0.25) is 5.91 Å². The van der Waals surface area contributed by atoms with Crippen molar-refractivity contribution in [2.75, 3.05) is 12.4 Å². The van der Waals surface area contributed by atoms with Crippen LogP contribution in [0.4, 0.5) is 14.5 Å². The second-order valence-corrected chi connectivity index (χ2v) is 5.92. The van der Waals surface area contributed by atoms with Crippen molar-refractivity contribution in [2.45, 2.75) is 26.2 Å². The molecule has 1 aromatic carbocycles. The molecule has 0 aliphatic carbocycles. The normalized spacial score (nSPS) is 10.8. The number of hydrogen-bond acceptors (Lipinski definition) is 4. The number of nitrogens with one attached hydrogen (secondary N) is 1. The van der Waals surface area contributed by atoms with Gasteiger partial charge in [-0.25, -0.2) is 13.8 Å². The molecule has 1 amide bonds. The summed E-state index contributed by atoms with van der Waals surface area (Å²) in [6, 6.07) is 2.03. The lowest BCUT2D eigenvalue weighted by molar-refractivity contribution is -0.115. The zero-order valence-electron chi connectivity index (χ0n) is 12.4. The van der Waals surface area contributed by atoms with Crippen molar-refractivity contribution in [2.24, 2.45) is 0 Å². The summed E-state index contributed by atoms with van der Waals surface area (Å²) in [5, 5.41) is 5.21. The molecule has 0 unspecified atom stereocenters. The Balaban J connectivity index is 2.05. The number of aromatic nitrogens is 1. The average Bonchev–Trinajstić information content (AvgIpc) is 2.86. The summed E-state index contributed by atoms with van der Waals surface area (Å²) in [7, 11) is 1.17. The van der Waals surface area contributed by atoms with Gasteiger partial charge < -0.3 is 10.1 Å². The molecule has 2 rings (SSSR count). The minimum Gasteiger partial charge on any atom is -0.491 e. The van der Waals surface area contributed by atoms with E-state index in [0.717, 1.165) is 17.1 Å². The summed E-state index contributed by atoms with van der Waals surface area (Å²) in [6.45, 7) is 4.04. The molecule has 4 nitrogen and oxygen atoms in total. The largest absolute Gasteiger partial charge is 0.491 e. The van der Waals surface area contributed by atoms with Gasteiger partial charge in [-0.05, 0) is 0 Å². The Morgan fingerprint density at radius 1 is 1.36 bits per heavy atom. The highest BCUT2D eigenvalue weighted by molar-refractivity contribution is 7.09. The van der Waals surface area contributed by atoms with Crippen LogP contribution in [-0.4, -0.2) is 18.0 Å². The molecule has 1 heterocycles. The molecule has 0 saturated heterocycles. The second kappa shape index (κ2) is 6.83. The molecule has 1 aromatic heterocycles. The first kappa shape index (κ1) is 16.4. The minimum absolute atomic E-state index is 0.0418. The van der Waals surface area contributed by atoms with Gasteiger partial charge in [-0.1, -0.05) is 13.8 Å². The minimum atomic E-state index is -0.867. The van der Waals surface area contributed by atoms with E-state index in [4.69, 9.17) is 0 Å². The fraction of sp³-hybridized carbons (Fsp3) is 0.333. The summed E-state index contributed by atoms with van der Waals surface area (Å²) in [5.41, 5.74) is 0.681. The van der Waals surface area contributed by atoms with Gasteiger partial charge in [0.05, 0.1) is 24.2 Å². The van der Waals surface area contributed by atoms with Gasteiger partial charge in [-0.15, -0.1) is 11.3 Å². The Labute approximate surface area is 131 Å². The van der Waals surface area contributed by atoms with Gasteiger partial charge in [0.1, 0.15) is 0 Å². The summed E-state index contributed by atoms with van der Waals surface area (Å²) in [5.74, 6) is -2.29. The summed E-state index contributed by atoms with van der Waals surface area (Å²) < 4.78 is 31.7. The molecule has 0 spiro atoms. The molecule has 0 bridgehead atoms. The van der Waals surface area contributed by atoms with Crippen LogP contribution in [0.2, 0.25) is 0 Å². The van der Waals surface area contributed by atoms with Crippen molar-refractivity contribution in [1.82, 2.24) is 4.98 Å². The van der Waals surface area contributed by atoms with Crippen molar-refractivity contribution in [3.05, 3.63) is 39.8 Å². The van der Waals surface area contributed by atoms with Gasteiger partial charge in [0, 0.05) is 29.1 Å². The number of rotatable bonds is 5. The van der Waals surface area contributed by atoms with Crippen LogP contribution in [0.15, 0.2) is 17.5 Å². The number of benzene rings is 1. The van der Waals surface area contributed by atoms with Crippen LogP contribution in [0.5, 0.6) is 5.75 Å². The van der Waals surface area contributed by atoms with E-state index in [1.54, 1.807) is 0 Å². The lowest BCUT2D eigenvalue weighted by atomic mass is 10.2. The lowest BCUT2D eigenvalue weighted by Crippen LogP contribution is -2.15. The molecule has 0 fully saturated rings. The molecule has 0 atom stereocenters. The zero-order valence-corrected chi connectivity index (χ0v) is 13.3. The van der Waals surface area contributed by atoms with Crippen LogP contribution >= 0.6 is 11.3 Å². The first-order chi connectivity index (χ1) is 10.4. The van der Waals surface area contributed by atoms with E-state index in [9.17, 15) is 13.6 Å². The van der Waals surface area contributed by atoms with Gasteiger partial charge in [0.25, 0.3) is 0 Å². The Bertz CT molecular complexity index is 663. The van der Waals surface area contributed by atoms with Gasteiger partial charge >= 0.3 is 0 Å². The maximum Gasteiger partial charge on any atom is 0.230 e. The molecule has 0 aliphatic rings. The third-order valence-electron chi connectivity index (χ3n) is 2.89. The van der Waals surface area contributed by atoms with Crippen LogP contribution in [0, 0.1) is 11.6 Å². The maximum absolute atomic E-state index is 13.6. The number of halogens is 2. The molecule has 0 radical (unpaired) electrons. The van der Waals surface area contributed by atoms with Crippen molar-refractivity contribution in [3.63, 3.8) is 0 Å². The van der Waals surface area contributed by atoms with Gasteiger partial charge in [-0.2, -0.15) is 0 Å². The van der Waals surface area contributed by atoms with E-state index < -0.39 is 17.4 Å². The second-order valence-electron chi connectivity index (χ2n) is 5.03. The Hall–Kier alpha value is -2.02. The molecular formula is C15H16F2N2O2S. The summed E-state index contributed by atoms with van der Waals surface area (Å²) >= 11 is 1.49. The smallest absolute Gasteiger partial charge is 0.230 e. The number of carbonyl (C=O) groups is 1. The van der Waals surface area contributed by atoms with E-state index in [1.807, 2.05) is 19.2 Å². The molecule has 118 valence electrons. The number of nitrogens with zero attached hydrogens (tertiary/aromatic N) is 1. The van der Waals surface area contributed by atoms with Crippen molar-refractivity contribution >= 4 is 22.9 Å². The summed E-state index contributed by atoms with van der Waals surface area (Å²) in [4.78, 5) is 16.3. The third-order valence-corrected chi connectivity index (χ3v) is 4.09. The molecular weight excluding hydrogens is 310 g/mol. The molecule has 7 heteroatoms. The highest BCUT2D eigenvalue weighted by atomic mass is 32.1. The van der Waals surface area contributed by atoms with Crippen molar-refractivity contribution in [3.8, 4) is 5.75 Å². The van der Waals surface area contributed by atoms with E-state index >= 15 is 0 Å².